The van der Waals surface area contributed by atoms with Gasteiger partial charge in [-0.15, -0.1) is 0 Å². The minimum Gasteiger partial charge on any atom is -0.384 e. The molecule has 0 aliphatic heterocycles. The van der Waals surface area contributed by atoms with Gasteiger partial charge in [0.25, 0.3) is 0 Å². The molecule has 0 aromatic heterocycles. The van der Waals surface area contributed by atoms with Crippen molar-refractivity contribution in [1.29, 1.82) is 0 Å². The molecule has 13 heavy (non-hydrogen) atoms. The van der Waals surface area contributed by atoms with Crippen LogP contribution in [0.5, 0.6) is 0 Å². The van der Waals surface area contributed by atoms with Crippen molar-refractivity contribution in [2.45, 2.75) is 12.5 Å². The van der Waals surface area contributed by atoms with Gasteiger partial charge in [-0.05, 0) is 24.6 Å². The molecule has 1 aromatic rings. The van der Waals surface area contributed by atoms with Crippen molar-refractivity contribution in [3.8, 4) is 0 Å². The Bertz CT molecular complexity index is 271. The van der Waals surface area contributed by atoms with E-state index in [4.69, 9.17) is 5.84 Å². The number of aliphatic hydroxyl groups is 1. The van der Waals surface area contributed by atoms with Crippen LogP contribution < -0.4 is 11.3 Å². The Kier molecular flexibility index (Phi) is 3.44. The van der Waals surface area contributed by atoms with Crippen LogP contribution in [0.25, 0.3) is 0 Å². The average molecular weight is 245 g/mol. The van der Waals surface area contributed by atoms with Crippen LogP contribution in [0.4, 0.5) is 0 Å². The van der Waals surface area contributed by atoms with Gasteiger partial charge in [0, 0.05) is 11.0 Å². The molecule has 0 heterocycles. The lowest BCUT2D eigenvalue weighted by Crippen LogP contribution is -2.38. The molecule has 1 aromatic carbocycles. The van der Waals surface area contributed by atoms with E-state index in [2.05, 4.69) is 21.4 Å². The number of benzene rings is 1. The third-order valence-corrected chi connectivity index (χ3v) is 2.44. The quantitative estimate of drug-likeness (QED) is 0.552. The molecule has 4 N–H and O–H groups in total. The average Bonchev–Trinajstić information content (AvgIpc) is 2.05. The summed E-state index contributed by atoms with van der Waals surface area (Å²) in [6.45, 7) is 2.05. The molecule has 0 radical (unpaired) electrons. The van der Waals surface area contributed by atoms with Crippen molar-refractivity contribution in [1.82, 2.24) is 5.43 Å². The normalized spacial score (nSPS) is 15.4. The predicted octanol–water partition coefficient (Wildman–Crippen LogP) is 1.12. The van der Waals surface area contributed by atoms with Gasteiger partial charge in [-0.3, -0.25) is 11.3 Å². The summed E-state index contributed by atoms with van der Waals surface area (Å²) >= 11 is 3.33. The largest absolute Gasteiger partial charge is 0.384 e. The molecule has 0 amide bonds. The summed E-state index contributed by atoms with van der Waals surface area (Å²) in [4.78, 5) is 0. The highest BCUT2D eigenvalue weighted by Gasteiger charge is 2.21. The fourth-order valence-electron chi connectivity index (χ4n) is 1.11. The second-order valence-corrected chi connectivity index (χ2v) is 4.08. The standard InChI is InChI=1S/C9H13BrN2O/c1-9(13,6-12-11)7-2-4-8(10)5-3-7/h2-5,12-13H,6,11H2,1H3. The Morgan fingerprint density at radius 1 is 1.46 bits per heavy atom. The molecule has 1 rings (SSSR count). The molecule has 4 heteroatoms. The van der Waals surface area contributed by atoms with E-state index in [1.807, 2.05) is 24.3 Å². The van der Waals surface area contributed by atoms with Crippen molar-refractivity contribution >= 4 is 15.9 Å². The SMILES string of the molecule is CC(O)(CNN)c1ccc(Br)cc1. The summed E-state index contributed by atoms with van der Waals surface area (Å²) in [7, 11) is 0. The second-order valence-electron chi connectivity index (χ2n) is 3.16. The lowest BCUT2D eigenvalue weighted by Gasteiger charge is -2.23. The lowest BCUT2D eigenvalue weighted by molar-refractivity contribution is 0.0572. The maximum atomic E-state index is 9.92. The van der Waals surface area contributed by atoms with Gasteiger partial charge in [0.15, 0.2) is 0 Å². The van der Waals surface area contributed by atoms with Gasteiger partial charge in [-0.25, -0.2) is 0 Å². The molecular weight excluding hydrogens is 232 g/mol. The van der Waals surface area contributed by atoms with Crippen molar-refractivity contribution < 1.29 is 5.11 Å². The van der Waals surface area contributed by atoms with Gasteiger partial charge in [0.1, 0.15) is 5.60 Å². The number of nitrogens with one attached hydrogen (secondary N) is 1. The second kappa shape index (κ2) is 4.19. The number of nitrogens with two attached hydrogens (primary N) is 1. The molecule has 0 aliphatic rings. The fourth-order valence-corrected chi connectivity index (χ4v) is 1.37. The summed E-state index contributed by atoms with van der Waals surface area (Å²) in [5.41, 5.74) is 2.38. The first-order valence-electron chi connectivity index (χ1n) is 3.98. The minimum atomic E-state index is -0.921. The van der Waals surface area contributed by atoms with Gasteiger partial charge < -0.3 is 5.11 Å². The Hall–Kier alpha value is -0.420. The van der Waals surface area contributed by atoms with Gasteiger partial charge >= 0.3 is 0 Å². The predicted molar refractivity (Wildman–Crippen MR) is 55.9 cm³/mol. The van der Waals surface area contributed by atoms with Crippen LogP contribution in [0.3, 0.4) is 0 Å². The van der Waals surface area contributed by atoms with Gasteiger partial charge in [-0.1, -0.05) is 28.1 Å². The molecule has 0 aliphatic carbocycles. The Balaban J connectivity index is 2.87. The highest BCUT2D eigenvalue weighted by Crippen LogP contribution is 2.21. The third kappa shape index (κ3) is 2.77. The number of hydrogen-bond donors (Lipinski definition) is 3. The van der Waals surface area contributed by atoms with Crippen LogP contribution in [0.15, 0.2) is 28.7 Å². The van der Waals surface area contributed by atoms with E-state index in [9.17, 15) is 5.11 Å². The molecule has 72 valence electrons. The number of halogens is 1. The maximum absolute atomic E-state index is 9.92. The molecular formula is C9H13BrN2O. The smallest absolute Gasteiger partial charge is 0.101 e. The van der Waals surface area contributed by atoms with E-state index < -0.39 is 5.60 Å². The Morgan fingerprint density at radius 3 is 2.46 bits per heavy atom. The Morgan fingerprint density at radius 2 is 2.00 bits per heavy atom. The van der Waals surface area contributed by atoms with Crippen molar-refractivity contribution in [3.05, 3.63) is 34.3 Å². The number of hydrogen-bond acceptors (Lipinski definition) is 3. The summed E-state index contributed by atoms with van der Waals surface area (Å²) < 4.78 is 0.993. The zero-order valence-electron chi connectivity index (χ0n) is 7.42. The van der Waals surface area contributed by atoms with Crippen LogP contribution in [0.2, 0.25) is 0 Å². The van der Waals surface area contributed by atoms with Crippen LogP contribution >= 0.6 is 15.9 Å². The zero-order chi connectivity index (χ0) is 9.90. The van der Waals surface area contributed by atoms with Gasteiger partial charge in [0.2, 0.25) is 0 Å². The molecule has 0 saturated heterocycles. The van der Waals surface area contributed by atoms with Crippen LogP contribution in [-0.4, -0.2) is 11.7 Å². The van der Waals surface area contributed by atoms with Crippen molar-refractivity contribution in [2.24, 2.45) is 5.84 Å². The molecule has 0 bridgehead atoms. The minimum absolute atomic E-state index is 0.328. The molecule has 1 unspecified atom stereocenters. The monoisotopic (exact) mass is 244 g/mol. The highest BCUT2D eigenvalue weighted by atomic mass is 79.9. The topological polar surface area (TPSA) is 58.3 Å². The van der Waals surface area contributed by atoms with Crippen LogP contribution in [0.1, 0.15) is 12.5 Å². The molecule has 3 nitrogen and oxygen atoms in total. The lowest BCUT2D eigenvalue weighted by atomic mass is 9.96. The zero-order valence-corrected chi connectivity index (χ0v) is 9.01. The third-order valence-electron chi connectivity index (χ3n) is 1.91. The van der Waals surface area contributed by atoms with Gasteiger partial charge in [-0.2, -0.15) is 0 Å². The number of hydrazine groups is 1. The van der Waals surface area contributed by atoms with Crippen LogP contribution in [-0.2, 0) is 5.60 Å². The summed E-state index contributed by atoms with van der Waals surface area (Å²) in [6.07, 6.45) is 0. The van der Waals surface area contributed by atoms with E-state index in [0.717, 1.165) is 10.0 Å². The summed E-state index contributed by atoms with van der Waals surface area (Å²) in [5.74, 6) is 5.16. The molecule has 1 atom stereocenters. The van der Waals surface area contributed by atoms with E-state index in [0.29, 0.717) is 6.54 Å². The van der Waals surface area contributed by atoms with Crippen LogP contribution in [0, 0.1) is 0 Å². The first-order valence-corrected chi connectivity index (χ1v) is 4.77. The first kappa shape index (κ1) is 10.7. The summed E-state index contributed by atoms with van der Waals surface area (Å²) in [6, 6.07) is 7.50. The van der Waals surface area contributed by atoms with Crippen molar-refractivity contribution in [3.63, 3.8) is 0 Å². The number of rotatable bonds is 3. The first-order chi connectivity index (χ1) is 6.06. The molecule has 0 spiro atoms. The van der Waals surface area contributed by atoms with E-state index in [1.165, 1.54) is 0 Å². The molecule has 0 fully saturated rings. The van der Waals surface area contributed by atoms with E-state index >= 15 is 0 Å². The fraction of sp³-hybridized carbons (Fsp3) is 0.333. The highest BCUT2D eigenvalue weighted by molar-refractivity contribution is 9.10. The van der Waals surface area contributed by atoms with E-state index in [1.54, 1.807) is 6.92 Å². The summed E-state index contributed by atoms with van der Waals surface area (Å²) in [5, 5.41) is 9.92. The maximum Gasteiger partial charge on any atom is 0.101 e. The molecule has 0 saturated carbocycles. The van der Waals surface area contributed by atoms with Crippen molar-refractivity contribution in [2.75, 3.05) is 6.54 Å². The Labute approximate surface area is 86.0 Å². The van der Waals surface area contributed by atoms with E-state index in [-0.39, 0.29) is 0 Å². The van der Waals surface area contributed by atoms with Gasteiger partial charge in [0.05, 0.1) is 0 Å².